The molecule has 5 heteroatoms. The molecule has 2 rings (SSSR count). The first-order chi connectivity index (χ1) is 5.66. The van der Waals surface area contributed by atoms with Gasteiger partial charge in [0.1, 0.15) is 10.1 Å². The Bertz CT molecular complexity index is 434. The van der Waals surface area contributed by atoms with E-state index >= 15 is 0 Å². The molecule has 3 N–H and O–H groups in total. The summed E-state index contributed by atoms with van der Waals surface area (Å²) in [5, 5.41) is 0. The van der Waals surface area contributed by atoms with Crippen molar-refractivity contribution in [2.24, 2.45) is 0 Å². The topological polar surface area (TPSA) is 67.6 Å². The molecule has 0 unspecified atom stereocenters. The van der Waals surface area contributed by atoms with Crippen LogP contribution in [0.2, 0.25) is 0 Å². The van der Waals surface area contributed by atoms with E-state index in [0.717, 1.165) is 21.3 Å². The summed E-state index contributed by atoms with van der Waals surface area (Å²) in [6, 6.07) is 1.85. The fraction of sp³-hybridized carbons (Fsp3) is 0.143. The van der Waals surface area contributed by atoms with Crippen LogP contribution < -0.4 is 5.73 Å². The van der Waals surface area contributed by atoms with Crippen LogP contribution in [-0.4, -0.2) is 15.0 Å². The van der Waals surface area contributed by atoms with Crippen LogP contribution in [0.25, 0.3) is 11.0 Å². The van der Waals surface area contributed by atoms with E-state index < -0.39 is 0 Å². The third-order valence-corrected chi connectivity index (χ3v) is 2.04. The zero-order valence-electron chi connectivity index (χ0n) is 6.43. The number of rotatable bonds is 0. The van der Waals surface area contributed by atoms with Crippen LogP contribution in [0.15, 0.2) is 10.7 Å². The van der Waals surface area contributed by atoms with E-state index in [1.54, 1.807) is 0 Å². The van der Waals surface area contributed by atoms with Gasteiger partial charge in [0.2, 0.25) is 0 Å². The lowest BCUT2D eigenvalue weighted by Crippen LogP contribution is -1.85. The van der Waals surface area contributed by atoms with Gasteiger partial charge in [-0.05, 0) is 28.9 Å². The molecule has 2 heterocycles. The first-order valence-electron chi connectivity index (χ1n) is 3.45. The summed E-state index contributed by atoms with van der Waals surface area (Å²) in [7, 11) is 0. The Morgan fingerprint density at radius 1 is 1.50 bits per heavy atom. The fourth-order valence-corrected chi connectivity index (χ4v) is 1.65. The van der Waals surface area contributed by atoms with Crippen molar-refractivity contribution in [2.75, 3.05) is 5.73 Å². The van der Waals surface area contributed by atoms with Crippen molar-refractivity contribution in [3.8, 4) is 0 Å². The molecule has 62 valence electrons. The summed E-state index contributed by atoms with van der Waals surface area (Å²) in [5.74, 6) is 0.424. The Balaban J connectivity index is 2.88. The quantitative estimate of drug-likeness (QED) is 0.672. The van der Waals surface area contributed by atoms with Crippen molar-refractivity contribution in [3.05, 3.63) is 16.4 Å². The summed E-state index contributed by atoms with van der Waals surface area (Å²) < 4.78 is 0.788. The molecular weight excluding hydrogens is 220 g/mol. The van der Waals surface area contributed by atoms with E-state index in [1.807, 2.05) is 13.0 Å². The summed E-state index contributed by atoms with van der Waals surface area (Å²) in [4.78, 5) is 11.2. The van der Waals surface area contributed by atoms with Crippen molar-refractivity contribution in [2.45, 2.75) is 6.92 Å². The maximum absolute atomic E-state index is 5.50. The number of anilines is 1. The Morgan fingerprint density at radius 2 is 2.25 bits per heavy atom. The lowest BCUT2D eigenvalue weighted by molar-refractivity contribution is 1.19. The Kier molecular flexibility index (Phi) is 1.54. The number of H-pyrrole nitrogens is 1. The zero-order chi connectivity index (χ0) is 8.72. The Labute approximate surface area is 77.3 Å². The fourth-order valence-electron chi connectivity index (χ4n) is 1.15. The average Bonchev–Trinajstić information content (AvgIpc) is 2.29. The SMILES string of the molecule is Cc1nc(Br)cc2[nH]c(N)nc12. The first kappa shape index (κ1) is 7.54. The summed E-state index contributed by atoms with van der Waals surface area (Å²) in [6.45, 7) is 1.90. The number of aromatic nitrogens is 3. The van der Waals surface area contributed by atoms with Crippen LogP contribution in [-0.2, 0) is 0 Å². The molecule has 0 fully saturated rings. The molecule has 4 nitrogen and oxygen atoms in total. The molecule has 0 amide bonds. The highest BCUT2D eigenvalue weighted by molar-refractivity contribution is 9.10. The Hall–Kier alpha value is -1.10. The molecule has 12 heavy (non-hydrogen) atoms. The minimum Gasteiger partial charge on any atom is -0.369 e. The lowest BCUT2D eigenvalue weighted by atomic mass is 10.3. The zero-order valence-corrected chi connectivity index (χ0v) is 8.01. The van der Waals surface area contributed by atoms with Crippen molar-refractivity contribution >= 4 is 32.9 Å². The van der Waals surface area contributed by atoms with Crippen molar-refractivity contribution in [1.29, 1.82) is 0 Å². The minimum absolute atomic E-state index is 0.424. The lowest BCUT2D eigenvalue weighted by Gasteiger charge is -1.93. The van der Waals surface area contributed by atoms with Gasteiger partial charge in [-0.1, -0.05) is 0 Å². The molecular formula is C7H7BrN4. The van der Waals surface area contributed by atoms with Crippen molar-refractivity contribution in [3.63, 3.8) is 0 Å². The number of pyridine rings is 1. The van der Waals surface area contributed by atoms with Gasteiger partial charge in [0.05, 0.1) is 11.2 Å². The van der Waals surface area contributed by atoms with Crippen molar-refractivity contribution < 1.29 is 0 Å². The standard InChI is InChI=1S/C7H7BrN4/c1-3-6-4(2-5(8)10-3)11-7(9)12-6/h2H,1H3,(H3,9,11,12). The highest BCUT2D eigenvalue weighted by atomic mass is 79.9. The first-order valence-corrected chi connectivity index (χ1v) is 4.24. The number of fused-ring (bicyclic) bond motifs is 1. The largest absolute Gasteiger partial charge is 0.369 e. The number of nitrogens with zero attached hydrogens (tertiary/aromatic N) is 2. The molecule has 0 aliphatic rings. The molecule has 2 aromatic heterocycles. The van der Waals surface area contributed by atoms with Gasteiger partial charge in [-0.15, -0.1) is 0 Å². The van der Waals surface area contributed by atoms with Crippen molar-refractivity contribution in [1.82, 2.24) is 15.0 Å². The molecule has 0 atom stereocenters. The van der Waals surface area contributed by atoms with E-state index in [-0.39, 0.29) is 0 Å². The Morgan fingerprint density at radius 3 is 3.00 bits per heavy atom. The third kappa shape index (κ3) is 1.06. The second-order valence-corrected chi connectivity index (χ2v) is 3.36. The van der Waals surface area contributed by atoms with Crippen LogP contribution in [0.4, 0.5) is 5.95 Å². The summed E-state index contributed by atoms with van der Waals surface area (Å²) in [6.07, 6.45) is 0. The molecule has 0 saturated carbocycles. The molecule has 0 radical (unpaired) electrons. The number of nitrogens with two attached hydrogens (primary N) is 1. The molecule has 2 aromatic rings. The summed E-state index contributed by atoms with van der Waals surface area (Å²) >= 11 is 3.29. The van der Waals surface area contributed by atoms with Gasteiger partial charge < -0.3 is 10.7 Å². The van der Waals surface area contributed by atoms with Crippen LogP contribution in [0.1, 0.15) is 5.69 Å². The van der Waals surface area contributed by atoms with Gasteiger partial charge in [0.25, 0.3) is 0 Å². The number of nitrogen functional groups attached to an aromatic ring is 1. The maximum atomic E-state index is 5.50. The van der Waals surface area contributed by atoms with E-state index in [4.69, 9.17) is 5.73 Å². The maximum Gasteiger partial charge on any atom is 0.198 e. The van der Waals surface area contributed by atoms with E-state index in [1.165, 1.54) is 0 Å². The van der Waals surface area contributed by atoms with Gasteiger partial charge >= 0.3 is 0 Å². The molecule has 0 aliphatic heterocycles. The molecule has 0 aromatic carbocycles. The molecule has 0 aliphatic carbocycles. The number of aromatic amines is 1. The van der Waals surface area contributed by atoms with Crippen LogP contribution in [0.3, 0.4) is 0 Å². The second-order valence-electron chi connectivity index (χ2n) is 2.55. The van der Waals surface area contributed by atoms with Gasteiger partial charge in [-0.25, -0.2) is 9.97 Å². The van der Waals surface area contributed by atoms with E-state index in [2.05, 4.69) is 30.9 Å². The van der Waals surface area contributed by atoms with Gasteiger partial charge in [-0.2, -0.15) is 0 Å². The minimum atomic E-state index is 0.424. The van der Waals surface area contributed by atoms with Gasteiger partial charge in [0, 0.05) is 0 Å². The number of aryl methyl sites for hydroxylation is 1. The van der Waals surface area contributed by atoms with Crippen LogP contribution >= 0.6 is 15.9 Å². The predicted molar refractivity (Wildman–Crippen MR) is 50.7 cm³/mol. The van der Waals surface area contributed by atoms with Crippen LogP contribution in [0, 0.1) is 6.92 Å². The molecule has 0 saturated heterocycles. The van der Waals surface area contributed by atoms with Crippen LogP contribution in [0.5, 0.6) is 0 Å². The van der Waals surface area contributed by atoms with Gasteiger partial charge in [0.15, 0.2) is 5.95 Å². The normalized spacial score (nSPS) is 10.8. The smallest absolute Gasteiger partial charge is 0.198 e. The van der Waals surface area contributed by atoms with E-state index in [0.29, 0.717) is 5.95 Å². The number of halogens is 1. The molecule has 0 spiro atoms. The van der Waals surface area contributed by atoms with Gasteiger partial charge in [-0.3, -0.25) is 0 Å². The highest BCUT2D eigenvalue weighted by Gasteiger charge is 2.04. The second kappa shape index (κ2) is 2.45. The predicted octanol–water partition coefficient (Wildman–Crippen LogP) is 1.61. The highest BCUT2D eigenvalue weighted by Crippen LogP contribution is 2.19. The number of hydrogen-bond acceptors (Lipinski definition) is 3. The monoisotopic (exact) mass is 226 g/mol. The third-order valence-electron chi connectivity index (χ3n) is 1.63. The number of imidazole rings is 1. The molecule has 0 bridgehead atoms. The summed E-state index contributed by atoms with van der Waals surface area (Å²) in [5.41, 5.74) is 8.11. The number of hydrogen-bond donors (Lipinski definition) is 2. The van der Waals surface area contributed by atoms with E-state index in [9.17, 15) is 0 Å². The number of nitrogens with one attached hydrogen (secondary N) is 1. The average molecular weight is 227 g/mol.